The Kier molecular flexibility index (Phi) is 3.86. The molecule has 1 aliphatic carbocycles. The number of halogens is 2. The summed E-state index contributed by atoms with van der Waals surface area (Å²) in [6.07, 6.45) is 4.95. The molecule has 1 aliphatic rings. The third-order valence-electron chi connectivity index (χ3n) is 3.64. The number of hydrogen-bond donors (Lipinski definition) is 1. The SMILES string of the molecule is NC(c1cc2c(s1)CCCC2)c1cccc(Cl)c1Cl. The first-order valence-corrected chi connectivity index (χ1v) is 8.05. The molecule has 2 N–H and O–H groups in total. The molecule has 1 heterocycles. The molecule has 1 unspecified atom stereocenters. The molecule has 1 aromatic heterocycles. The Morgan fingerprint density at radius 1 is 1.16 bits per heavy atom. The molecule has 100 valence electrons. The second kappa shape index (κ2) is 5.45. The molecule has 2 aromatic rings. The van der Waals surface area contributed by atoms with Gasteiger partial charge in [0.25, 0.3) is 0 Å². The van der Waals surface area contributed by atoms with Crippen LogP contribution in [0.2, 0.25) is 10.0 Å². The van der Waals surface area contributed by atoms with Gasteiger partial charge in [0, 0.05) is 9.75 Å². The summed E-state index contributed by atoms with van der Waals surface area (Å²) in [7, 11) is 0. The van der Waals surface area contributed by atoms with E-state index in [1.54, 1.807) is 6.07 Å². The van der Waals surface area contributed by atoms with Gasteiger partial charge >= 0.3 is 0 Å². The number of aryl methyl sites for hydroxylation is 2. The predicted octanol–water partition coefficient (Wildman–Crippen LogP) is 4.98. The van der Waals surface area contributed by atoms with Crippen LogP contribution in [0.1, 0.15) is 39.8 Å². The van der Waals surface area contributed by atoms with Crippen LogP contribution in [0, 0.1) is 0 Å². The Hall–Kier alpha value is -0.540. The topological polar surface area (TPSA) is 26.0 Å². The molecule has 1 aromatic carbocycles. The Balaban J connectivity index is 1.97. The first kappa shape index (κ1) is 13.4. The largest absolute Gasteiger partial charge is 0.320 e. The number of fused-ring (bicyclic) bond motifs is 1. The zero-order chi connectivity index (χ0) is 13.4. The molecule has 4 heteroatoms. The lowest BCUT2D eigenvalue weighted by Gasteiger charge is -2.12. The number of hydrogen-bond acceptors (Lipinski definition) is 2. The molecule has 0 saturated heterocycles. The van der Waals surface area contributed by atoms with Gasteiger partial charge in [0.1, 0.15) is 0 Å². The van der Waals surface area contributed by atoms with E-state index in [9.17, 15) is 0 Å². The second-order valence-corrected chi connectivity index (χ2v) is 6.88. The van der Waals surface area contributed by atoms with Gasteiger partial charge in [-0.2, -0.15) is 0 Å². The van der Waals surface area contributed by atoms with E-state index in [1.165, 1.54) is 41.0 Å². The van der Waals surface area contributed by atoms with Crippen LogP contribution in [-0.2, 0) is 12.8 Å². The highest BCUT2D eigenvalue weighted by atomic mass is 35.5. The molecule has 1 nitrogen and oxygen atoms in total. The van der Waals surface area contributed by atoms with Gasteiger partial charge in [-0.1, -0.05) is 35.3 Å². The van der Waals surface area contributed by atoms with Crippen molar-refractivity contribution in [2.24, 2.45) is 5.73 Å². The van der Waals surface area contributed by atoms with Crippen molar-refractivity contribution in [2.75, 3.05) is 0 Å². The van der Waals surface area contributed by atoms with Gasteiger partial charge in [-0.3, -0.25) is 0 Å². The highest BCUT2D eigenvalue weighted by molar-refractivity contribution is 7.12. The average molecular weight is 312 g/mol. The lowest BCUT2D eigenvalue weighted by atomic mass is 9.98. The van der Waals surface area contributed by atoms with Gasteiger partial charge in [0.05, 0.1) is 16.1 Å². The van der Waals surface area contributed by atoms with Crippen LogP contribution in [0.3, 0.4) is 0 Å². The molecule has 19 heavy (non-hydrogen) atoms. The summed E-state index contributed by atoms with van der Waals surface area (Å²) in [4.78, 5) is 2.69. The summed E-state index contributed by atoms with van der Waals surface area (Å²) in [5.74, 6) is 0. The summed E-state index contributed by atoms with van der Waals surface area (Å²) in [5.41, 5.74) is 8.75. The molecule has 3 rings (SSSR count). The van der Waals surface area contributed by atoms with Crippen molar-refractivity contribution in [3.63, 3.8) is 0 Å². The average Bonchev–Trinajstić information content (AvgIpc) is 2.85. The van der Waals surface area contributed by atoms with Crippen LogP contribution in [0.5, 0.6) is 0 Å². The predicted molar refractivity (Wildman–Crippen MR) is 83.5 cm³/mol. The van der Waals surface area contributed by atoms with Gasteiger partial charge in [-0.15, -0.1) is 11.3 Å². The van der Waals surface area contributed by atoms with Gasteiger partial charge in [-0.25, -0.2) is 0 Å². The molecule has 0 saturated carbocycles. The van der Waals surface area contributed by atoms with Crippen LogP contribution in [0.25, 0.3) is 0 Å². The van der Waals surface area contributed by atoms with Crippen LogP contribution in [-0.4, -0.2) is 0 Å². The summed E-state index contributed by atoms with van der Waals surface area (Å²) < 4.78 is 0. The Labute approximate surface area is 127 Å². The van der Waals surface area contributed by atoms with E-state index in [0.29, 0.717) is 10.0 Å². The van der Waals surface area contributed by atoms with E-state index < -0.39 is 0 Å². The number of thiophene rings is 1. The van der Waals surface area contributed by atoms with E-state index in [0.717, 1.165) is 5.56 Å². The third-order valence-corrected chi connectivity index (χ3v) is 5.79. The maximum absolute atomic E-state index is 6.37. The zero-order valence-electron chi connectivity index (χ0n) is 10.5. The summed E-state index contributed by atoms with van der Waals surface area (Å²) in [6.45, 7) is 0. The molecular weight excluding hydrogens is 297 g/mol. The summed E-state index contributed by atoms with van der Waals surface area (Å²) in [5, 5.41) is 1.14. The summed E-state index contributed by atoms with van der Waals surface area (Å²) in [6, 6.07) is 7.72. The number of benzene rings is 1. The van der Waals surface area contributed by atoms with Gasteiger partial charge in [0.2, 0.25) is 0 Å². The second-order valence-electron chi connectivity index (χ2n) is 4.93. The maximum Gasteiger partial charge on any atom is 0.0661 e. The standard InChI is InChI=1S/C15H15Cl2NS/c16-11-6-3-5-10(14(11)17)15(18)13-8-9-4-1-2-7-12(9)19-13/h3,5-6,8,15H,1-2,4,7,18H2. The fourth-order valence-electron chi connectivity index (χ4n) is 2.58. The first-order valence-electron chi connectivity index (χ1n) is 6.48. The Morgan fingerprint density at radius 2 is 1.95 bits per heavy atom. The first-order chi connectivity index (χ1) is 9.16. The Bertz CT molecular complexity index is 583. The lowest BCUT2D eigenvalue weighted by Crippen LogP contribution is -2.10. The minimum Gasteiger partial charge on any atom is -0.320 e. The van der Waals surface area contributed by atoms with Crippen LogP contribution in [0.15, 0.2) is 24.3 Å². The number of rotatable bonds is 2. The van der Waals surface area contributed by atoms with Crippen LogP contribution in [0.4, 0.5) is 0 Å². The molecule has 0 radical (unpaired) electrons. The smallest absolute Gasteiger partial charge is 0.0661 e. The molecule has 0 aliphatic heterocycles. The molecule has 1 atom stereocenters. The van der Waals surface area contributed by atoms with Crippen molar-refractivity contribution in [3.8, 4) is 0 Å². The van der Waals surface area contributed by atoms with E-state index in [-0.39, 0.29) is 6.04 Å². The zero-order valence-corrected chi connectivity index (χ0v) is 12.8. The van der Waals surface area contributed by atoms with E-state index in [4.69, 9.17) is 28.9 Å². The quantitative estimate of drug-likeness (QED) is 0.831. The van der Waals surface area contributed by atoms with Crippen molar-refractivity contribution >= 4 is 34.5 Å². The van der Waals surface area contributed by atoms with Crippen LogP contribution < -0.4 is 5.73 Å². The fraction of sp³-hybridized carbons (Fsp3) is 0.333. The highest BCUT2D eigenvalue weighted by Crippen LogP contribution is 2.37. The fourth-order valence-corrected chi connectivity index (χ4v) is 4.28. The third kappa shape index (κ3) is 2.55. The van der Waals surface area contributed by atoms with Crippen LogP contribution >= 0.6 is 34.5 Å². The van der Waals surface area contributed by atoms with E-state index >= 15 is 0 Å². The summed E-state index contributed by atoms with van der Waals surface area (Å²) >= 11 is 14.1. The van der Waals surface area contributed by atoms with Gasteiger partial charge in [0.15, 0.2) is 0 Å². The van der Waals surface area contributed by atoms with E-state index in [2.05, 4.69) is 6.07 Å². The minimum atomic E-state index is -0.179. The molecule has 0 amide bonds. The molecule has 0 bridgehead atoms. The number of nitrogens with two attached hydrogens (primary N) is 1. The normalized spacial score (nSPS) is 16.2. The monoisotopic (exact) mass is 311 g/mol. The molecule has 0 spiro atoms. The van der Waals surface area contributed by atoms with Gasteiger partial charge in [-0.05, 0) is 48.9 Å². The van der Waals surface area contributed by atoms with Crippen molar-refractivity contribution in [1.29, 1.82) is 0 Å². The van der Waals surface area contributed by atoms with Crippen molar-refractivity contribution in [3.05, 3.63) is 55.2 Å². The maximum atomic E-state index is 6.37. The Morgan fingerprint density at radius 3 is 2.74 bits per heavy atom. The lowest BCUT2D eigenvalue weighted by molar-refractivity contribution is 0.696. The van der Waals surface area contributed by atoms with E-state index in [1.807, 2.05) is 23.5 Å². The highest BCUT2D eigenvalue weighted by Gasteiger charge is 2.20. The minimum absolute atomic E-state index is 0.179. The van der Waals surface area contributed by atoms with Crippen molar-refractivity contribution in [1.82, 2.24) is 0 Å². The molecular formula is C15H15Cl2NS. The molecule has 0 fully saturated rings. The van der Waals surface area contributed by atoms with Gasteiger partial charge < -0.3 is 5.73 Å². The van der Waals surface area contributed by atoms with Crippen molar-refractivity contribution in [2.45, 2.75) is 31.7 Å². The van der Waals surface area contributed by atoms with Crippen molar-refractivity contribution < 1.29 is 0 Å².